The van der Waals surface area contributed by atoms with Crippen molar-refractivity contribution in [1.82, 2.24) is 20.1 Å². The number of Topliss-reactive ketones (excluding diaryl/α,β-unsaturated/α-hetero) is 1. The van der Waals surface area contributed by atoms with Gasteiger partial charge >= 0.3 is 0 Å². The van der Waals surface area contributed by atoms with Gasteiger partial charge in [0.05, 0.1) is 30.6 Å². The Hall–Kier alpha value is -3.52. The molecule has 3 aromatic heterocycles. The van der Waals surface area contributed by atoms with Crippen LogP contribution in [0.2, 0.25) is 0 Å². The van der Waals surface area contributed by atoms with E-state index >= 15 is 0 Å². The number of hydrogen-bond donors (Lipinski definition) is 2. The summed E-state index contributed by atoms with van der Waals surface area (Å²) >= 11 is 0. The van der Waals surface area contributed by atoms with Gasteiger partial charge in [-0.1, -0.05) is 24.1 Å². The van der Waals surface area contributed by atoms with Crippen LogP contribution in [0.4, 0.5) is 0 Å². The van der Waals surface area contributed by atoms with E-state index in [0.717, 1.165) is 59.4 Å². The average Bonchev–Trinajstić information content (AvgIpc) is 3.50. The maximum Gasteiger partial charge on any atom is 0.184 e. The highest BCUT2D eigenvalue weighted by Crippen LogP contribution is 2.33. The number of fused-ring (bicyclic) bond motifs is 1. The largest absolute Gasteiger partial charge is 0.496 e. The molecule has 0 saturated carbocycles. The topological polar surface area (TPSA) is 120 Å². The summed E-state index contributed by atoms with van der Waals surface area (Å²) in [4.78, 5) is 24.1. The van der Waals surface area contributed by atoms with Gasteiger partial charge < -0.3 is 20.0 Å². The first-order valence-corrected chi connectivity index (χ1v) is 10.3. The molecule has 1 unspecified atom stereocenters. The first kappa shape index (κ1) is 20.7. The maximum atomic E-state index is 11.9. The lowest BCUT2D eigenvalue weighted by Gasteiger charge is -2.10. The number of ketones is 1. The van der Waals surface area contributed by atoms with Crippen LogP contribution in [0.5, 0.6) is 5.75 Å². The van der Waals surface area contributed by atoms with Crippen LogP contribution in [-0.2, 0) is 0 Å². The van der Waals surface area contributed by atoms with Crippen molar-refractivity contribution in [1.29, 1.82) is 0 Å². The number of unbranched alkanes of at least 4 members (excludes halogenated alkanes) is 2. The molecule has 1 aromatic carbocycles. The molecule has 0 fully saturated rings. The summed E-state index contributed by atoms with van der Waals surface area (Å²) in [6, 6.07) is 9.27. The number of nitrogens with zero attached hydrogens (tertiary/aromatic N) is 3. The quantitative estimate of drug-likeness (QED) is 0.288. The van der Waals surface area contributed by atoms with Crippen LogP contribution in [0.15, 0.2) is 53.5 Å². The molecule has 8 nitrogen and oxygen atoms in total. The van der Waals surface area contributed by atoms with E-state index in [2.05, 4.69) is 20.1 Å². The second-order valence-electron chi connectivity index (χ2n) is 7.44. The molecule has 0 saturated heterocycles. The van der Waals surface area contributed by atoms with Crippen molar-refractivity contribution in [2.75, 3.05) is 7.11 Å². The summed E-state index contributed by atoms with van der Waals surface area (Å²) in [6.07, 6.45) is 8.82. The predicted octanol–water partition coefficient (Wildman–Crippen LogP) is 4.45. The Morgan fingerprint density at radius 1 is 1.23 bits per heavy atom. The van der Waals surface area contributed by atoms with E-state index in [1.54, 1.807) is 25.6 Å². The van der Waals surface area contributed by atoms with Crippen LogP contribution in [0, 0.1) is 0 Å². The van der Waals surface area contributed by atoms with E-state index in [-0.39, 0.29) is 11.8 Å². The molecule has 160 valence electrons. The molecule has 0 bridgehead atoms. The number of imidazole rings is 1. The van der Waals surface area contributed by atoms with Gasteiger partial charge in [-0.05, 0) is 25.0 Å². The van der Waals surface area contributed by atoms with E-state index in [0.29, 0.717) is 12.1 Å². The Morgan fingerprint density at radius 3 is 2.94 bits per heavy atom. The molecule has 31 heavy (non-hydrogen) atoms. The third kappa shape index (κ3) is 4.80. The van der Waals surface area contributed by atoms with E-state index < -0.39 is 0 Å². The molecule has 0 radical (unpaired) electrons. The van der Waals surface area contributed by atoms with Crippen LogP contribution in [0.1, 0.15) is 54.5 Å². The first-order chi connectivity index (χ1) is 15.2. The number of hydrogen-bond acceptors (Lipinski definition) is 7. The monoisotopic (exact) mass is 419 g/mol. The summed E-state index contributed by atoms with van der Waals surface area (Å²) in [7, 11) is 1.64. The lowest BCUT2D eigenvalue weighted by atomic mass is 10.0. The van der Waals surface area contributed by atoms with E-state index in [1.165, 1.54) is 6.26 Å². The normalized spacial score (nSPS) is 12.2. The SMILES string of the molecule is COc1cc2ncccc2cc1-c1cnc(C(N)CCCCCC(=O)c2ccon2)[nH]1. The fraction of sp³-hybridized carbons (Fsp3) is 0.304. The van der Waals surface area contributed by atoms with Gasteiger partial charge in [0.1, 0.15) is 23.5 Å². The number of ether oxygens (including phenoxy) is 1. The molecule has 3 N–H and O–H groups in total. The molecule has 4 rings (SSSR count). The zero-order chi connectivity index (χ0) is 21.6. The Bertz CT molecular complexity index is 1150. The molecule has 0 aliphatic rings. The van der Waals surface area contributed by atoms with E-state index in [9.17, 15) is 4.79 Å². The van der Waals surface area contributed by atoms with Gasteiger partial charge in [-0.3, -0.25) is 9.78 Å². The number of nitrogens with two attached hydrogens (primary N) is 1. The lowest BCUT2D eigenvalue weighted by Crippen LogP contribution is -2.12. The fourth-order valence-electron chi connectivity index (χ4n) is 3.59. The van der Waals surface area contributed by atoms with Gasteiger partial charge in [0.25, 0.3) is 0 Å². The highest BCUT2D eigenvalue weighted by molar-refractivity contribution is 5.93. The van der Waals surface area contributed by atoms with Gasteiger partial charge in [0.2, 0.25) is 0 Å². The third-order valence-corrected chi connectivity index (χ3v) is 5.30. The number of nitrogens with one attached hydrogen (secondary N) is 1. The van der Waals surface area contributed by atoms with Crippen molar-refractivity contribution in [3.63, 3.8) is 0 Å². The number of rotatable bonds is 10. The molecule has 0 amide bonds. The highest BCUT2D eigenvalue weighted by atomic mass is 16.5. The minimum Gasteiger partial charge on any atom is -0.496 e. The van der Waals surface area contributed by atoms with Gasteiger partial charge in [-0.15, -0.1) is 0 Å². The molecule has 1 atom stereocenters. The molecule has 3 heterocycles. The molecule has 0 aliphatic carbocycles. The second-order valence-corrected chi connectivity index (χ2v) is 7.44. The highest BCUT2D eigenvalue weighted by Gasteiger charge is 2.15. The van der Waals surface area contributed by atoms with E-state index in [1.807, 2.05) is 24.3 Å². The number of pyridine rings is 1. The van der Waals surface area contributed by atoms with Crippen LogP contribution in [0.3, 0.4) is 0 Å². The molecule has 0 aliphatic heterocycles. The summed E-state index contributed by atoms with van der Waals surface area (Å²) in [5, 5.41) is 4.70. The van der Waals surface area contributed by atoms with Crippen molar-refractivity contribution < 1.29 is 14.1 Å². The zero-order valence-electron chi connectivity index (χ0n) is 17.4. The van der Waals surface area contributed by atoms with Crippen LogP contribution in [-0.4, -0.2) is 33.0 Å². The summed E-state index contributed by atoms with van der Waals surface area (Å²) in [6.45, 7) is 0. The zero-order valence-corrected chi connectivity index (χ0v) is 17.4. The maximum absolute atomic E-state index is 11.9. The number of methoxy groups -OCH3 is 1. The lowest BCUT2D eigenvalue weighted by molar-refractivity contribution is 0.0970. The van der Waals surface area contributed by atoms with Gasteiger partial charge in [0.15, 0.2) is 5.78 Å². The number of aromatic amines is 1. The van der Waals surface area contributed by atoms with Crippen molar-refractivity contribution in [2.45, 2.75) is 38.1 Å². The summed E-state index contributed by atoms with van der Waals surface area (Å²) < 4.78 is 10.3. The van der Waals surface area contributed by atoms with Gasteiger partial charge in [-0.2, -0.15) is 0 Å². The summed E-state index contributed by atoms with van der Waals surface area (Å²) in [5.41, 5.74) is 9.38. The molecule has 4 aromatic rings. The minimum atomic E-state index is -0.201. The molecule has 0 spiro atoms. The number of H-pyrrole nitrogens is 1. The van der Waals surface area contributed by atoms with Crippen LogP contribution >= 0.6 is 0 Å². The molecular formula is C23H25N5O3. The Balaban J connectivity index is 1.34. The fourth-order valence-corrected chi connectivity index (χ4v) is 3.59. The number of carbonyl (C=O) groups is 1. The van der Waals surface area contributed by atoms with E-state index in [4.69, 9.17) is 15.0 Å². The molecule has 8 heteroatoms. The number of carbonyl (C=O) groups excluding carboxylic acids is 1. The van der Waals surface area contributed by atoms with Crippen molar-refractivity contribution >= 4 is 16.7 Å². The van der Waals surface area contributed by atoms with Crippen LogP contribution in [0.25, 0.3) is 22.2 Å². The smallest absolute Gasteiger partial charge is 0.184 e. The molecular weight excluding hydrogens is 394 g/mol. The number of benzene rings is 1. The van der Waals surface area contributed by atoms with Gasteiger partial charge in [-0.25, -0.2) is 4.98 Å². The van der Waals surface area contributed by atoms with Crippen LogP contribution < -0.4 is 10.5 Å². The van der Waals surface area contributed by atoms with Crippen molar-refractivity contribution in [3.05, 3.63) is 60.5 Å². The number of aromatic nitrogens is 4. The standard InChI is InChI=1S/C23H25N5O3/c1-30-22-13-19-15(6-5-10-25-19)12-16(22)20-14-26-23(27-20)17(24)7-3-2-4-8-21(29)18-9-11-31-28-18/h5-6,9-14,17H,2-4,7-8,24H2,1H3,(H,26,27). The Morgan fingerprint density at radius 2 is 2.13 bits per heavy atom. The average molecular weight is 419 g/mol. The van der Waals surface area contributed by atoms with Crippen molar-refractivity contribution in [2.24, 2.45) is 5.73 Å². The Labute approximate surface area is 179 Å². The third-order valence-electron chi connectivity index (χ3n) is 5.30. The first-order valence-electron chi connectivity index (χ1n) is 10.3. The Kier molecular flexibility index (Phi) is 6.37. The second kappa shape index (κ2) is 9.53. The minimum absolute atomic E-state index is 0.00765. The van der Waals surface area contributed by atoms with Gasteiger partial charge in [0, 0.05) is 35.7 Å². The summed E-state index contributed by atoms with van der Waals surface area (Å²) in [5.74, 6) is 1.47. The predicted molar refractivity (Wildman–Crippen MR) is 117 cm³/mol. The van der Waals surface area contributed by atoms with Crippen molar-refractivity contribution in [3.8, 4) is 17.0 Å².